The molecule has 0 aliphatic carbocycles. The first kappa shape index (κ1) is 15.1. The van der Waals surface area contributed by atoms with Crippen molar-refractivity contribution in [2.75, 3.05) is 39.8 Å². The fourth-order valence-electron chi connectivity index (χ4n) is 2.61. The minimum absolute atomic E-state index is 0.416. The standard InChI is InChI=1S/C17H25N3/c1-19(13-14-20-11-4-5-12-20)15-17-8-3-2-7-16(17)9-6-10-18/h2-3,7-8H,4-5,10-15,18H2,1H3. The minimum atomic E-state index is 0.416. The highest BCUT2D eigenvalue weighted by Gasteiger charge is 2.12. The van der Waals surface area contributed by atoms with Gasteiger partial charge in [0.15, 0.2) is 0 Å². The van der Waals surface area contributed by atoms with E-state index in [1.807, 2.05) is 6.07 Å². The molecule has 0 radical (unpaired) electrons. The molecule has 2 N–H and O–H groups in total. The molecule has 1 fully saturated rings. The zero-order valence-electron chi connectivity index (χ0n) is 12.4. The molecule has 0 atom stereocenters. The molecule has 0 spiro atoms. The topological polar surface area (TPSA) is 32.5 Å². The third-order valence-corrected chi connectivity index (χ3v) is 3.78. The first-order valence-electron chi connectivity index (χ1n) is 7.47. The van der Waals surface area contributed by atoms with Gasteiger partial charge in [-0.3, -0.25) is 0 Å². The van der Waals surface area contributed by atoms with E-state index < -0.39 is 0 Å². The van der Waals surface area contributed by atoms with E-state index in [9.17, 15) is 0 Å². The number of likely N-dealkylation sites (tertiary alicyclic amines) is 1. The Balaban J connectivity index is 1.88. The van der Waals surface area contributed by atoms with Crippen LogP contribution in [0.15, 0.2) is 24.3 Å². The minimum Gasteiger partial charge on any atom is -0.320 e. The SMILES string of the molecule is CN(CCN1CCCC1)Cc1ccccc1C#CCN. The van der Waals surface area contributed by atoms with E-state index in [4.69, 9.17) is 5.73 Å². The summed E-state index contributed by atoms with van der Waals surface area (Å²) in [7, 11) is 2.18. The number of benzene rings is 1. The average molecular weight is 271 g/mol. The van der Waals surface area contributed by atoms with E-state index in [0.29, 0.717) is 6.54 Å². The van der Waals surface area contributed by atoms with Crippen LogP contribution in [0.1, 0.15) is 24.0 Å². The van der Waals surface area contributed by atoms with Crippen LogP contribution < -0.4 is 5.73 Å². The molecule has 0 amide bonds. The lowest BCUT2D eigenvalue weighted by molar-refractivity contribution is 0.252. The molecule has 1 saturated heterocycles. The Morgan fingerprint density at radius 1 is 1.25 bits per heavy atom. The zero-order chi connectivity index (χ0) is 14.2. The van der Waals surface area contributed by atoms with Crippen molar-refractivity contribution in [2.45, 2.75) is 19.4 Å². The van der Waals surface area contributed by atoms with Crippen molar-refractivity contribution < 1.29 is 0 Å². The van der Waals surface area contributed by atoms with Crippen LogP contribution in [0, 0.1) is 11.8 Å². The summed E-state index contributed by atoms with van der Waals surface area (Å²) in [6.07, 6.45) is 2.72. The van der Waals surface area contributed by atoms with Crippen LogP contribution in [0.3, 0.4) is 0 Å². The summed E-state index contributed by atoms with van der Waals surface area (Å²) in [4.78, 5) is 4.93. The Kier molecular flexibility index (Phi) is 6.07. The number of likely N-dealkylation sites (N-methyl/N-ethyl adjacent to an activating group) is 1. The Hall–Kier alpha value is -1.34. The van der Waals surface area contributed by atoms with Gasteiger partial charge in [-0.2, -0.15) is 0 Å². The average Bonchev–Trinajstić information content (AvgIpc) is 2.97. The molecular weight excluding hydrogens is 246 g/mol. The summed E-state index contributed by atoms with van der Waals surface area (Å²) in [5.74, 6) is 6.11. The maximum absolute atomic E-state index is 5.46. The first-order valence-corrected chi connectivity index (χ1v) is 7.47. The predicted molar refractivity (Wildman–Crippen MR) is 84.4 cm³/mol. The molecular formula is C17H25N3. The van der Waals surface area contributed by atoms with Gasteiger partial charge in [0.25, 0.3) is 0 Å². The van der Waals surface area contributed by atoms with Crippen molar-refractivity contribution in [3.05, 3.63) is 35.4 Å². The smallest absolute Gasteiger partial charge is 0.0555 e. The summed E-state index contributed by atoms with van der Waals surface area (Å²) in [5.41, 5.74) is 7.85. The molecule has 0 bridgehead atoms. The quantitative estimate of drug-likeness (QED) is 0.824. The molecule has 20 heavy (non-hydrogen) atoms. The molecule has 3 heteroatoms. The van der Waals surface area contributed by atoms with Gasteiger partial charge in [-0.25, -0.2) is 0 Å². The molecule has 1 aliphatic rings. The molecule has 0 saturated carbocycles. The number of hydrogen-bond donors (Lipinski definition) is 1. The van der Waals surface area contributed by atoms with E-state index in [-0.39, 0.29) is 0 Å². The van der Waals surface area contributed by atoms with Crippen LogP contribution in [-0.4, -0.2) is 49.6 Å². The Bertz CT molecular complexity index is 467. The third kappa shape index (κ3) is 4.64. The molecule has 0 aromatic heterocycles. The molecule has 0 unspecified atom stereocenters. The normalized spacial score (nSPS) is 15.3. The molecule has 1 heterocycles. The van der Waals surface area contributed by atoms with Gasteiger partial charge in [0, 0.05) is 25.2 Å². The first-order chi connectivity index (χ1) is 9.79. The van der Waals surface area contributed by atoms with Gasteiger partial charge in [-0.05, 0) is 44.6 Å². The second-order valence-electron chi connectivity index (χ2n) is 5.45. The highest BCUT2D eigenvalue weighted by Crippen LogP contribution is 2.11. The largest absolute Gasteiger partial charge is 0.320 e. The highest BCUT2D eigenvalue weighted by molar-refractivity contribution is 5.41. The van der Waals surface area contributed by atoms with E-state index >= 15 is 0 Å². The van der Waals surface area contributed by atoms with Crippen molar-refractivity contribution in [1.29, 1.82) is 0 Å². The predicted octanol–water partition coefficient (Wildman–Crippen LogP) is 1.52. The van der Waals surface area contributed by atoms with Gasteiger partial charge < -0.3 is 15.5 Å². The van der Waals surface area contributed by atoms with Gasteiger partial charge >= 0.3 is 0 Å². The highest BCUT2D eigenvalue weighted by atomic mass is 15.2. The van der Waals surface area contributed by atoms with Gasteiger partial charge in [-0.15, -0.1) is 0 Å². The lowest BCUT2D eigenvalue weighted by atomic mass is 10.1. The van der Waals surface area contributed by atoms with Crippen LogP contribution in [0.4, 0.5) is 0 Å². The molecule has 108 valence electrons. The Morgan fingerprint density at radius 2 is 2.00 bits per heavy atom. The van der Waals surface area contributed by atoms with Crippen molar-refractivity contribution in [3.63, 3.8) is 0 Å². The summed E-state index contributed by atoms with van der Waals surface area (Å²) >= 11 is 0. The third-order valence-electron chi connectivity index (χ3n) is 3.78. The van der Waals surface area contributed by atoms with Crippen LogP contribution >= 0.6 is 0 Å². The summed E-state index contributed by atoms with van der Waals surface area (Å²) < 4.78 is 0. The van der Waals surface area contributed by atoms with Crippen molar-refractivity contribution >= 4 is 0 Å². The van der Waals surface area contributed by atoms with Crippen LogP contribution in [-0.2, 0) is 6.54 Å². The van der Waals surface area contributed by atoms with Gasteiger partial charge in [0.1, 0.15) is 0 Å². The lowest BCUT2D eigenvalue weighted by Gasteiger charge is -2.21. The van der Waals surface area contributed by atoms with E-state index in [0.717, 1.165) is 18.7 Å². The van der Waals surface area contributed by atoms with E-state index in [1.54, 1.807) is 0 Å². The van der Waals surface area contributed by atoms with Crippen molar-refractivity contribution in [2.24, 2.45) is 5.73 Å². The lowest BCUT2D eigenvalue weighted by Crippen LogP contribution is -2.31. The second kappa shape index (κ2) is 8.06. The maximum Gasteiger partial charge on any atom is 0.0555 e. The molecule has 2 rings (SSSR count). The fourth-order valence-corrected chi connectivity index (χ4v) is 2.61. The zero-order valence-corrected chi connectivity index (χ0v) is 12.4. The van der Waals surface area contributed by atoms with Gasteiger partial charge in [-0.1, -0.05) is 30.0 Å². The second-order valence-corrected chi connectivity index (χ2v) is 5.45. The molecule has 1 aromatic rings. The number of rotatable bonds is 5. The monoisotopic (exact) mass is 271 g/mol. The maximum atomic E-state index is 5.46. The van der Waals surface area contributed by atoms with Gasteiger partial charge in [0.2, 0.25) is 0 Å². The Morgan fingerprint density at radius 3 is 2.75 bits per heavy atom. The summed E-state index contributed by atoms with van der Waals surface area (Å²) in [6.45, 7) is 6.19. The van der Waals surface area contributed by atoms with E-state index in [1.165, 1.54) is 38.0 Å². The van der Waals surface area contributed by atoms with Gasteiger partial charge in [0.05, 0.1) is 6.54 Å². The van der Waals surface area contributed by atoms with Crippen molar-refractivity contribution in [1.82, 2.24) is 9.80 Å². The van der Waals surface area contributed by atoms with Crippen LogP contribution in [0.25, 0.3) is 0 Å². The van der Waals surface area contributed by atoms with Crippen LogP contribution in [0.5, 0.6) is 0 Å². The number of nitrogens with zero attached hydrogens (tertiary/aromatic N) is 2. The fraction of sp³-hybridized carbons (Fsp3) is 0.529. The Labute approximate surface area is 122 Å². The number of hydrogen-bond acceptors (Lipinski definition) is 3. The van der Waals surface area contributed by atoms with Crippen LogP contribution in [0.2, 0.25) is 0 Å². The molecule has 1 aromatic carbocycles. The molecule has 3 nitrogen and oxygen atoms in total. The van der Waals surface area contributed by atoms with Crippen molar-refractivity contribution in [3.8, 4) is 11.8 Å². The summed E-state index contributed by atoms with van der Waals surface area (Å²) in [5, 5.41) is 0. The number of nitrogens with two attached hydrogens (primary N) is 1. The van der Waals surface area contributed by atoms with E-state index in [2.05, 4.69) is 46.9 Å². The molecule has 1 aliphatic heterocycles. The summed E-state index contributed by atoms with van der Waals surface area (Å²) in [6, 6.07) is 8.35.